The quantitative estimate of drug-likeness (QED) is 0.440. The van der Waals surface area contributed by atoms with Crippen molar-refractivity contribution in [1.29, 1.82) is 0 Å². The molecule has 13 nitrogen and oxygen atoms in total. The van der Waals surface area contributed by atoms with E-state index in [1.54, 1.807) is 6.92 Å². The Morgan fingerprint density at radius 3 is 2.94 bits per heavy atom. The molecule has 1 fully saturated rings. The minimum absolute atomic E-state index is 0.0503. The van der Waals surface area contributed by atoms with Crippen molar-refractivity contribution >= 4 is 34.7 Å². The minimum Gasteiger partial charge on any atom is -0.487 e. The lowest BCUT2D eigenvalue weighted by Crippen LogP contribution is -2.33. The van der Waals surface area contributed by atoms with Crippen LogP contribution in [0.5, 0.6) is 11.6 Å². The molecule has 1 aromatic carbocycles. The number of hydrogen-bond acceptors (Lipinski definition) is 10. The van der Waals surface area contributed by atoms with Gasteiger partial charge in [-0.25, -0.2) is 24.1 Å². The second kappa shape index (κ2) is 9.37. The zero-order chi connectivity index (χ0) is 25.4. The fourth-order valence-corrected chi connectivity index (χ4v) is 3.95. The molecule has 0 radical (unpaired) electrons. The summed E-state index contributed by atoms with van der Waals surface area (Å²) in [4.78, 5) is 49.6. The number of cyclic esters (lactones) is 1. The summed E-state index contributed by atoms with van der Waals surface area (Å²) in [6.07, 6.45) is 1.47. The van der Waals surface area contributed by atoms with E-state index in [1.807, 2.05) is 0 Å². The Morgan fingerprint density at radius 1 is 1.28 bits per heavy atom. The average Bonchev–Trinajstić information content (AvgIpc) is 3.22. The van der Waals surface area contributed by atoms with Gasteiger partial charge in [0.1, 0.15) is 18.2 Å². The number of carbonyl (C=O) groups excluding carboxylic acids is 2. The fourth-order valence-electron chi connectivity index (χ4n) is 3.95. The third kappa shape index (κ3) is 4.37. The molecule has 188 valence electrons. The van der Waals surface area contributed by atoms with Crippen LogP contribution in [0.15, 0.2) is 23.3 Å². The number of halogens is 1. The van der Waals surface area contributed by atoms with Crippen LogP contribution >= 0.6 is 0 Å². The van der Waals surface area contributed by atoms with E-state index in [1.165, 1.54) is 35.0 Å². The van der Waals surface area contributed by atoms with Crippen molar-refractivity contribution in [1.82, 2.24) is 24.8 Å². The molecule has 14 heteroatoms. The van der Waals surface area contributed by atoms with Crippen LogP contribution < -0.4 is 30.6 Å². The molecular formula is C22H22FN7O6. The smallest absolute Gasteiger partial charge is 0.416 e. The van der Waals surface area contributed by atoms with Crippen LogP contribution in [0.25, 0.3) is 11.0 Å². The molecule has 0 spiro atoms. The molecule has 0 saturated carbocycles. The molecule has 1 unspecified atom stereocenters. The highest BCUT2D eigenvalue weighted by atomic mass is 19.1. The van der Waals surface area contributed by atoms with Crippen LogP contribution in [0.2, 0.25) is 0 Å². The number of rotatable bonds is 7. The minimum atomic E-state index is -0.600. The van der Waals surface area contributed by atoms with Crippen LogP contribution in [0.4, 0.5) is 20.8 Å². The number of ether oxygens (including phenoxy) is 3. The van der Waals surface area contributed by atoms with Gasteiger partial charge >= 0.3 is 6.09 Å². The third-order valence-corrected chi connectivity index (χ3v) is 5.72. The van der Waals surface area contributed by atoms with Gasteiger partial charge in [0, 0.05) is 20.1 Å². The largest absolute Gasteiger partial charge is 0.487 e. The van der Waals surface area contributed by atoms with Gasteiger partial charge in [-0.3, -0.25) is 14.5 Å². The molecular weight excluding hydrogens is 477 g/mol. The molecule has 0 bridgehead atoms. The number of anilines is 2. The Bertz CT molecular complexity index is 1430. The first kappa shape index (κ1) is 23.4. The Morgan fingerprint density at radius 2 is 2.11 bits per heavy atom. The molecule has 3 aromatic rings. The van der Waals surface area contributed by atoms with Crippen LogP contribution in [0.3, 0.4) is 0 Å². The van der Waals surface area contributed by atoms with E-state index in [0.29, 0.717) is 24.2 Å². The van der Waals surface area contributed by atoms with Gasteiger partial charge in [0.05, 0.1) is 24.5 Å². The molecule has 4 heterocycles. The maximum absolute atomic E-state index is 14.6. The number of hydrogen-bond donors (Lipinski definition) is 2. The number of amides is 2. The number of nitrogens with zero attached hydrogens (tertiary/aromatic N) is 5. The lowest BCUT2D eigenvalue weighted by atomic mass is 10.1. The van der Waals surface area contributed by atoms with Gasteiger partial charge in [-0.1, -0.05) is 0 Å². The van der Waals surface area contributed by atoms with E-state index in [2.05, 4.69) is 25.6 Å². The van der Waals surface area contributed by atoms with Gasteiger partial charge in [-0.15, -0.1) is 0 Å². The first-order valence-corrected chi connectivity index (χ1v) is 11.1. The number of carbonyl (C=O) groups is 2. The van der Waals surface area contributed by atoms with E-state index < -0.39 is 18.0 Å². The zero-order valence-electron chi connectivity index (χ0n) is 19.4. The number of aryl methyl sites for hydroxylation is 2. The highest BCUT2D eigenvalue weighted by Crippen LogP contribution is 2.29. The van der Waals surface area contributed by atoms with Crippen LogP contribution in [-0.4, -0.2) is 70.5 Å². The maximum atomic E-state index is 14.6. The Kier molecular flexibility index (Phi) is 6.10. The highest BCUT2D eigenvalue weighted by molar-refractivity contribution is 5.94. The van der Waals surface area contributed by atoms with Crippen molar-refractivity contribution in [2.24, 2.45) is 7.05 Å². The summed E-state index contributed by atoms with van der Waals surface area (Å²) < 4.78 is 32.1. The maximum Gasteiger partial charge on any atom is 0.416 e. The standard InChI is InChI=1S/C22H22FN7O6/c1-11-5-13(23)19(18-17(11)25-8-16(32)29(18)2)34-4-3-24-6-12-9-30(22(33)36-12)14-7-26-21-20(27-14)28-15(31)10-35-21/h5,7-8,12,24H,3-4,6,9-10H2,1-2H3,(H,27,28,31). The van der Waals surface area contributed by atoms with E-state index in [9.17, 15) is 18.8 Å². The lowest BCUT2D eigenvalue weighted by molar-refractivity contribution is -0.118. The summed E-state index contributed by atoms with van der Waals surface area (Å²) in [6, 6.07) is 1.32. The molecule has 2 N–H and O–H groups in total. The van der Waals surface area contributed by atoms with Crippen LogP contribution in [-0.2, 0) is 16.6 Å². The number of benzene rings is 1. The van der Waals surface area contributed by atoms with Gasteiger partial charge in [0.2, 0.25) is 0 Å². The van der Waals surface area contributed by atoms with Crippen molar-refractivity contribution < 1.29 is 28.2 Å². The van der Waals surface area contributed by atoms with Crippen LogP contribution in [0, 0.1) is 12.7 Å². The first-order valence-electron chi connectivity index (χ1n) is 11.1. The Balaban J connectivity index is 1.17. The SMILES string of the molecule is Cc1cc(F)c(OCCNCC2CN(c3cnc4c(n3)NC(=O)CO4)C(=O)O2)c2c1ncc(=O)n2C. The molecule has 36 heavy (non-hydrogen) atoms. The predicted octanol–water partition coefficient (Wildman–Crippen LogP) is 0.496. The summed E-state index contributed by atoms with van der Waals surface area (Å²) in [5, 5.41) is 5.65. The van der Waals surface area contributed by atoms with Crippen LogP contribution in [0.1, 0.15) is 5.56 Å². The normalized spacial score (nSPS) is 17.0. The summed E-state index contributed by atoms with van der Waals surface area (Å²) >= 11 is 0. The molecule has 2 aliphatic rings. The predicted molar refractivity (Wildman–Crippen MR) is 124 cm³/mol. The monoisotopic (exact) mass is 499 g/mol. The number of aromatic nitrogens is 4. The Labute approximate surface area is 203 Å². The summed E-state index contributed by atoms with van der Waals surface area (Å²) in [5.74, 6) is -0.464. The first-order chi connectivity index (χ1) is 17.3. The topological polar surface area (TPSA) is 150 Å². The van der Waals surface area contributed by atoms with Gasteiger partial charge in [0.25, 0.3) is 17.3 Å². The molecule has 2 aliphatic heterocycles. The summed E-state index contributed by atoms with van der Waals surface area (Å²) in [5.41, 5.74) is 0.986. The van der Waals surface area contributed by atoms with Crippen molar-refractivity contribution in [2.75, 3.05) is 43.1 Å². The molecule has 1 atom stereocenters. The lowest BCUT2D eigenvalue weighted by Gasteiger charge is -2.18. The van der Waals surface area contributed by atoms with Crippen molar-refractivity contribution in [3.05, 3.63) is 40.2 Å². The second-order valence-electron chi connectivity index (χ2n) is 8.24. The number of fused-ring (bicyclic) bond motifs is 2. The molecule has 2 aromatic heterocycles. The van der Waals surface area contributed by atoms with E-state index in [4.69, 9.17) is 14.2 Å². The van der Waals surface area contributed by atoms with Gasteiger partial charge in [-0.05, 0) is 18.6 Å². The Hall–Kier alpha value is -4.33. The van der Waals surface area contributed by atoms with Crippen molar-refractivity contribution in [2.45, 2.75) is 13.0 Å². The molecule has 0 aliphatic carbocycles. The van der Waals surface area contributed by atoms with E-state index >= 15 is 0 Å². The van der Waals surface area contributed by atoms with Crippen molar-refractivity contribution in [3.63, 3.8) is 0 Å². The number of nitrogens with one attached hydrogen (secondary N) is 2. The average molecular weight is 499 g/mol. The molecule has 1 saturated heterocycles. The summed E-state index contributed by atoms with van der Waals surface area (Å²) in [7, 11) is 1.53. The summed E-state index contributed by atoms with van der Waals surface area (Å²) in [6.45, 7) is 2.49. The second-order valence-corrected chi connectivity index (χ2v) is 8.24. The third-order valence-electron chi connectivity index (χ3n) is 5.72. The molecule has 2 amide bonds. The van der Waals surface area contributed by atoms with Gasteiger partial charge in [-0.2, -0.15) is 0 Å². The van der Waals surface area contributed by atoms with Crippen molar-refractivity contribution in [3.8, 4) is 11.6 Å². The highest BCUT2D eigenvalue weighted by Gasteiger charge is 2.34. The van der Waals surface area contributed by atoms with Gasteiger partial charge in [0.15, 0.2) is 29.8 Å². The molecule has 5 rings (SSSR count). The van der Waals surface area contributed by atoms with Gasteiger partial charge < -0.3 is 29.4 Å². The van der Waals surface area contributed by atoms with E-state index in [0.717, 1.165) is 0 Å². The fraction of sp³-hybridized carbons (Fsp3) is 0.364. The zero-order valence-corrected chi connectivity index (χ0v) is 19.4. The van der Waals surface area contributed by atoms with E-state index in [-0.39, 0.29) is 60.0 Å².